The van der Waals surface area contributed by atoms with Crippen LogP contribution in [0.25, 0.3) is 0 Å². The lowest BCUT2D eigenvalue weighted by molar-refractivity contribution is -0.129. The molecule has 1 aliphatic rings. The first-order valence-electron chi connectivity index (χ1n) is 11.2. The van der Waals surface area contributed by atoms with Crippen molar-refractivity contribution in [2.45, 2.75) is 65.5 Å². The topological polar surface area (TPSA) is 75.2 Å². The highest BCUT2D eigenvalue weighted by molar-refractivity contribution is 5.80. The second-order valence-electron chi connectivity index (χ2n) is 7.48. The van der Waals surface area contributed by atoms with Gasteiger partial charge < -0.3 is 25.0 Å². The minimum atomic E-state index is 0.0493. The monoisotopic (exact) mass is 418 g/mol. The molecule has 1 saturated heterocycles. The van der Waals surface area contributed by atoms with E-state index in [-0.39, 0.29) is 6.04 Å². The van der Waals surface area contributed by atoms with Gasteiger partial charge in [-0.05, 0) is 57.7 Å². The molecule has 2 rings (SSSR count). The minimum absolute atomic E-state index is 0.0493. The molecule has 2 N–H and O–H groups in total. The number of guanidine groups is 1. The van der Waals surface area contributed by atoms with Gasteiger partial charge in [-0.1, -0.05) is 13.0 Å². The lowest BCUT2D eigenvalue weighted by Gasteiger charge is -2.27. The van der Waals surface area contributed by atoms with E-state index in [9.17, 15) is 4.79 Å². The van der Waals surface area contributed by atoms with Crippen LogP contribution in [0, 0.1) is 0 Å². The van der Waals surface area contributed by atoms with Gasteiger partial charge >= 0.3 is 0 Å². The number of nitrogens with zero attached hydrogens (tertiary/aromatic N) is 2. The molecule has 168 valence electrons. The summed E-state index contributed by atoms with van der Waals surface area (Å²) in [6, 6.07) is 6.36. The van der Waals surface area contributed by atoms with Crippen LogP contribution in [0.5, 0.6) is 11.5 Å². The zero-order chi connectivity index (χ0) is 21.9. The van der Waals surface area contributed by atoms with Gasteiger partial charge in [0.05, 0.1) is 19.3 Å². The molecule has 0 saturated carbocycles. The number of carbonyl (C=O) groups is 1. The number of hydrogen-bond acceptors (Lipinski definition) is 4. The molecule has 1 aromatic rings. The van der Waals surface area contributed by atoms with E-state index in [4.69, 9.17) is 9.47 Å². The van der Waals surface area contributed by atoms with Crippen molar-refractivity contribution in [1.29, 1.82) is 0 Å². The van der Waals surface area contributed by atoms with Gasteiger partial charge in [0, 0.05) is 32.6 Å². The standard InChI is InChI=1S/C23H38N4O3/c1-6-19(27-15-9-10-22(27)28)13-14-25-23(24-5)26-17(4)18-11-12-20(29-7-2)21(16-18)30-8-3/h11-12,16-17,19H,6-10,13-15H2,1-5H3,(H2,24,25,26). The predicted octanol–water partition coefficient (Wildman–Crippen LogP) is 3.50. The Morgan fingerprint density at radius 2 is 1.93 bits per heavy atom. The highest BCUT2D eigenvalue weighted by atomic mass is 16.5. The number of rotatable bonds is 11. The maximum atomic E-state index is 12.0. The average Bonchev–Trinajstić information content (AvgIpc) is 3.17. The van der Waals surface area contributed by atoms with Crippen LogP contribution in [0.1, 0.15) is 65.0 Å². The Morgan fingerprint density at radius 3 is 2.53 bits per heavy atom. The van der Waals surface area contributed by atoms with Gasteiger partial charge in [-0.25, -0.2) is 0 Å². The van der Waals surface area contributed by atoms with Crippen molar-refractivity contribution < 1.29 is 14.3 Å². The normalized spacial score (nSPS) is 16.4. The quantitative estimate of drug-likeness (QED) is 0.425. The fraction of sp³-hybridized carbons (Fsp3) is 0.652. The van der Waals surface area contributed by atoms with Crippen molar-refractivity contribution in [2.24, 2.45) is 4.99 Å². The molecule has 1 heterocycles. The summed E-state index contributed by atoms with van der Waals surface area (Å²) in [7, 11) is 1.77. The largest absolute Gasteiger partial charge is 0.490 e. The smallest absolute Gasteiger partial charge is 0.222 e. The first kappa shape index (κ1) is 23.8. The Morgan fingerprint density at radius 1 is 1.20 bits per heavy atom. The van der Waals surface area contributed by atoms with Crippen molar-refractivity contribution in [1.82, 2.24) is 15.5 Å². The molecule has 30 heavy (non-hydrogen) atoms. The van der Waals surface area contributed by atoms with Crippen molar-refractivity contribution in [3.05, 3.63) is 23.8 Å². The van der Waals surface area contributed by atoms with E-state index in [0.717, 1.165) is 55.4 Å². The van der Waals surface area contributed by atoms with Crippen LogP contribution in [0.2, 0.25) is 0 Å². The lowest BCUT2D eigenvalue weighted by atomic mass is 10.1. The van der Waals surface area contributed by atoms with Crippen molar-refractivity contribution in [3.63, 3.8) is 0 Å². The summed E-state index contributed by atoms with van der Waals surface area (Å²) in [6.07, 6.45) is 3.56. The highest BCUT2D eigenvalue weighted by Crippen LogP contribution is 2.30. The van der Waals surface area contributed by atoms with E-state index < -0.39 is 0 Å². The molecule has 1 fully saturated rings. The molecular formula is C23H38N4O3. The highest BCUT2D eigenvalue weighted by Gasteiger charge is 2.26. The van der Waals surface area contributed by atoms with Crippen LogP contribution < -0.4 is 20.1 Å². The van der Waals surface area contributed by atoms with Crippen LogP contribution in [0.15, 0.2) is 23.2 Å². The fourth-order valence-corrected chi connectivity index (χ4v) is 3.81. The second-order valence-corrected chi connectivity index (χ2v) is 7.48. The fourth-order valence-electron chi connectivity index (χ4n) is 3.81. The number of aliphatic imine (C=N–C) groups is 1. The Balaban J connectivity index is 1.91. The summed E-state index contributed by atoms with van der Waals surface area (Å²) in [5, 5.41) is 6.83. The Labute approximate surface area is 181 Å². The van der Waals surface area contributed by atoms with E-state index in [1.165, 1.54) is 0 Å². The average molecular weight is 419 g/mol. The van der Waals surface area contributed by atoms with Gasteiger partial charge in [-0.2, -0.15) is 0 Å². The summed E-state index contributed by atoms with van der Waals surface area (Å²) in [5.74, 6) is 2.56. The predicted molar refractivity (Wildman–Crippen MR) is 121 cm³/mol. The molecule has 0 aliphatic carbocycles. The molecule has 1 aromatic carbocycles. The molecule has 7 heteroatoms. The first-order chi connectivity index (χ1) is 14.5. The van der Waals surface area contributed by atoms with Crippen molar-refractivity contribution >= 4 is 11.9 Å². The zero-order valence-electron chi connectivity index (χ0n) is 19.2. The van der Waals surface area contributed by atoms with Gasteiger partial charge in [-0.3, -0.25) is 9.79 Å². The molecule has 1 amide bonds. The minimum Gasteiger partial charge on any atom is -0.490 e. The van der Waals surface area contributed by atoms with Crippen LogP contribution >= 0.6 is 0 Å². The molecule has 7 nitrogen and oxygen atoms in total. The lowest BCUT2D eigenvalue weighted by Crippen LogP contribution is -2.42. The van der Waals surface area contributed by atoms with Gasteiger partial charge in [-0.15, -0.1) is 0 Å². The number of ether oxygens (including phenoxy) is 2. The van der Waals surface area contributed by atoms with Crippen molar-refractivity contribution in [3.8, 4) is 11.5 Å². The summed E-state index contributed by atoms with van der Waals surface area (Å²) >= 11 is 0. The molecule has 2 atom stereocenters. The van der Waals surface area contributed by atoms with Crippen LogP contribution in [-0.4, -0.2) is 56.2 Å². The third-order valence-corrected chi connectivity index (χ3v) is 5.44. The van der Waals surface area contributed by atoms with E-state index in [0.29, 0.717) is 31.6 Å². The Kier molecular flexibility index (Phi) is 9.77. The van der Waals surface area contributed by atoms with E-state index >= 15 is 0 Å². The van der Waals surface area contributed by atoms with Crippen LogP contribution in [0.3, 0.4) is 0 Å². The van der Waals surface area contributed by atoms with Crippen molar-refractivity contribution in [2.75, 3.05) is 33.4 Å². The Bertz CT molecular complexity index is 708. The number of nitrogens with one attached hydrogen (secondary N) is 2. The van der Waals surface area contributed by atoms with E-state index in [1.807, 2.05) is 36.9 Å². The molecule has 0 aromatic heterocycles. The summed E-state index contributed by atoms with van der Waals surface area (Å²) in [4.78, 5) is 18.4. The molecule has 0 radical (unpaired) electrons. The van der Waals surface area contributed by atoms with E-state index in [2.05, 4.69) is 29.5 Å². The van der Waals surface area contributed by atoms with Crippen LogP contribution in [-0.2, 0) is 4.79 Å². The molecule has 1 aliphatic heterocycles. The Hall–Kier alpha value is -2.44. The summed E-state index contributed by atoms with van der Waals surface area (Å²) in [5.41, 5.74) is 1.10. The first-order valence-corrected chi connectivity index (χ1v) is 11.2. The van der Waals surface area contributed by atoms with Crippen LogP contribution in [0.4, 0.5) is 0 Å². The molecule has 2 unspecified atom stereocenters. The number of likely N-dealkylation sites (tertiary alicyclic amines) is 1. The third-order valence-electron chi connectivity index (χ3n) is 5.44. The van der Waals surface area contributed by atoms with Gasteiger partial charge in [0.2, 0.25) is 5.91 Å². The number of carbonyl (C=O) groups excluding carboxylic acids is 1. The van der Waals surface area contributed by atoms with Gasteiger partial charge in [0.15, 0.2) is 17.5 Å². The van der Waals surface area contributed by atoms with Gasteiger partial charge in [0.1, 0.15) is 0 Å². The molecular weight excluding hydrogens is 380 g/mol. The SMILES string of the molecule is CCOc1ccc(C(C)NC(=NC)NCCC(CC)N2CCCC2=O)cc1OCC. The number of hydrogen-bond donors (Lipinski definition) is 2. The molecule has 0 bridgehead atoms. The maximum absolute atomic E-state index is 12.0. The maximum Gasteiger partial charge on any atom is 0.222 e. The second kappa shape index (κ2) is 12.3. The van der Waals surface area contributed by atoms with Gasteiger partial charge in [0.25, 0.3) is 0 Å². The summed E-state index contributed by atoms with van der Waals surface area (Å²) < 4.78 is 11.4. The van der Waals surface area contributed by atoms with E-state index in [1.54, 1.807) is 7.05 Å². The third kappa shape index (κ3) is 6.54. The number of benzene rings is 1. The number of amides is 1. The zero-order valence-corrected chi connectivity index (χ0v) is 19.2. The summed E-state index contributed by atoms with van der Waals surface area (Å²) in [6.45, 7) is 11.0. The molecule has 0 spiro atoms.